The Hall–Kier alpha value is -5.40. The number of amidine groups is 1. The first-order chi connectivity index (χ1) is 18.5. The van der Waals surface area contributed by atoms with Crippen molar-refractivity contribution in [2.75, 3.05) is 17.2 Å². The fraction of sp³-hybridized carbons (Fsp3) is 0.200. The highest BCUT2D eigenvalue weighted by atomic mass is 16.6. The maximum atomic E-state index is 13.0. The Morgan fingerprint density at radius 1 is 0.923 bits per heavy atom. The molecule has 0 aliphatic rings. The summed E-state index contributed by atoms with van der Waals surface area (Å²) < 4.78 is 0. The maximum Gasteiger partial charge on any atom is 0.279 e. The molecule has 0 bridgehead atoms. The number of fused-ring (bicyclic) bond motifs is 1. The third kappa shape index (κ3) is 5.20. The van der Waals surface area contributed by atoms with Crippen molar-refractivity contribution in [2.24, 2.45) is 5.73 Å². The van der Waals surface area contributed by atoms with Crippen molar-refractivity contribution in [3.63, 3.8) is 0 Å². The van der Waals surface area contributed by atoms with Crippen LogP contribution in [0, 0.1) is 36.3 Å². The molecule has 0 radical (unpaired) electrons. The van der Waals surface area contributed by atoms with Crippen LogP contribution in [0.25, 0.3) is 10.9 Å². The number of hydrogen-bond donors (Lipinski definition) is 8. The molecule has 14 heteroatoms. The first kappa shape index (κ1) is 26.7. The number of non-ortho nitro benzene ring substituents is 1. The summed E-state index contributed by atoms with van der Waals surface area (Å²) in [7, 11) is 0. The van der Waals surface area contributed by atoms with Crippen molar-refractivity contribution in [3.8, 4) is 0 Å². The zero-order chi connectivity index (χ0) is 28.4. The quantitative estimate of drug-likeness (QED) is 0.0696. The molecule has 0 aliphatic heterocycles. The molecule has 4 rings (SSSR count). The largest absolute Gasteiger partial charge is 0.388 e. The summed E-state index contributed by atoms with van der Waals surface area (Å²) in [6.45, 7) is 5.16. The van der Waals surface area contributed by atoms with Crippen LogP contribution in [0.1, 0.15) is 54.6 Å². The Labute approximate surface area is 221 Å². The highest BCUT2D eigenvalue weighted by Crippen LogP contribution is 2.31. The second-order valence-corrected chi connectivity index (χ2v) is 8.93. The zero-order valence-electron chi connectivity index (χ0n) is 21.4. The minimum atomic E-state index is -0.519. The van der Waals surface area contributed by atoms with Crippen LogP contribution in [0.4, 0.5) is 17.1 Å². The van der Waals surface area contributed by atoms with Gasteiger partial charge in [0.2, 0.25) is 0 Å². The van der Waals surface area contributed by atoms with Gasteiger partial charge in [0.1, 0.15) is 17.1 Å². The van der Waals surface area contributed by atoms with Crippen molar-refractivity contribution >= 4 is 51.5 Å². The third-order valence-corrected chi connectivity index (χ3v) is 6.39. The van der Waals surface area contributed by atoms with Gasteiger partial charge in [0.15, 0.2) is 0 Å². The van der Waals surface area contributed by atoms with Gasteiger partial charge in [-0.2, -0.15) is 0 Å². The zero-order valence-corrected chi connectivity index (χ0v) is 21.4. The van der Waals surface area contributed by atoms with E-state index in [2.05, 4.69) is 30.9 Å². The van der Waals surface area contributed by atoms with Gasteiger partial charge >= 0.3 is 0 Å². The van der Waals surface area contributed by atoms with Gasteiger partial charge in [-0.05, 0) is 32.4 Å². The van der Waals surface area contributed by atoms with Crippen LogP contribution in [0.2, 0.25) is 0 Å². The second kappa shape index (κ2) is 10.5. The highest BCUT2D eigenvalue weighted by molar-refractivity contribution is 6.11. The standard InChI is InChI=1S/C25H27N9O5/c1-11-15(9-29-20(11)23(35)28-8-7-18(26)27)32-24(36)21-12(2)16(10-30-21)33-25(37)22-13(3)19-14(31-22)5-4-6-17(19)34(38)39/h4-6,9-10,29-31H,7-8H2,1-3H3,(H3,26,27)(H,28,35)(H,32,36)(H,33,37). The Kier molecular flexibility index (Phi) is 7.20. The van der Waals surface area contributed by atoms with Crippen LogP contribution < -0.4 is 21.7 Å². The summed E-state index contributed by atoms with van der Waals surface area (Å²) in [4.78, 5) is 57.9. The van der Waals surface area contributed by atoms with Crippen molar-refractivity contribution in [1.29, 1.82) is 5.41 Å². The first-order valence-electron chi connectivity index (χ1n) is 11.8. The summed E-state index contributed by atoms with van der Waals surface area (Å²) in [5.74, 6) is -1.44. The molecule has 39 heavy (non-hydrogen) atoms. The molecular weight excluding hydrogens is 506 g/mol. The van der Waals surface area contributed by atoms with E-state index in [1.165, 1.54) is 24.5 Å². The van der Waals surface area contributed by atoms with Gasteiger partial charge in [-0.3, -0.25) is 29.9 Å². The van der Waals surface area contributed by atoms with E-state index in [0.717, 1.165) is 0 Å². The summed E-state index contributed by atoms with van der Waals surface area (Å²) in [6.07, 6.45) is 3.19. The Bertz CT molecular complexity index is 1640. The van der Waals surface area contributed by atoms with E-state index in [4.69, 9.17) is 11.1 Å². The number of carbonyl (C=O) groups excluding carboxylic acids is 3. The van der Waals surface area contributed by atoms with Gasteiger partial charge in [0.25, 0.3) is 23.4 Å². The number of nitro groups is 1. The molecular formula is C25H27N9O5. The number of aromatic nitrogens is 3. The Morgan fingerprint density at radius 2 is 1.49 bits per heavy atom. The molecule has 14 nitrogen and oxygen atoms in total. The lowest BCUT2D eigenvalue weighted by Crippen LogP contribution is -2.28. The summed E-state index contributed by atoms with van der Waals surface area (Å²) in [5.41, 5.74) is 8.46. The van der Waals surface area contributed by atoms with E-state index in [-0.39, 0.29) is 41.6 Å². The lowest BCUT2D eigenvalue weighted by atomic mass is 10.1. The van der Waals surface area contributed by atoms with Gasteiger partial charge in [-0.25, -0.2) is 0 Å². The van der Waals surface area contributed by atoms with E-state index < -0.39 is 22.6 Å². The molecule has 3 amide bonds. The number of nitro benzene ring substituents is 1. The number of H-pyrrole nitrogens is 3. The van der Waals surface area contributed by atoms with Crippen LogP contribution in [0.5, 0.6) is 0 Å². The molecule has 1 aromatic carbocycles. The van der Waals surface area contributed by atoms with Crippen molar-refractivity contribution < 1.29 is 19.3 Å². The average Bonchev–Trinajstić information content (AvgIpc) is 3.54. The summed E-state index contributed by atoms with van der Waals surface area (Å²) >= 11 is 0. The summed E-state index contributed by atoms with van der Waals surface area (Å²) in [5, 5.41) is 27.1. The van der Waals surface area contributed by atoms with Crippen LogP contribution in [-0.4, -0.2) is 50.0 Å². The molecule has 0 aliphatic carbocycles. The van der Waals surface area contributed by atoms with Gasteiger partial charge in [0.05, 0.1) is 33.0 Å². The molecule has 3 aromatic heterocycles. The number of anilines is 2. The van der Waals surface area contributed by atoms with Crippen molar-refractivity contribution in [1.82, 2.24) is 20.3 Å². The normalized spacial score (nSPS) is 10.8. The predicted octanol–water partition coefficient (Wildman–Crippen LogP) is 3.22. The van der Waals surface area contributed by atoms with Crippen molar-refractivity contribution in [2.45, 2.75) is 27.2 Å². The minimum Gasteiger partial charge on any atom is -0.388 e. The fourth-order valence-electron chi connectivity index (χ4n) is 4.26. The number of amides is 3. The lowest BCUT2D eigenvalue weighted by Gasteiger charge is -2.07. The number of rotatable bonds is 9. The average molecular weight is 534 g/mol. The molecule has 4 aromatic rings. The van der Waals surface area contributed by atoms with Crippen LogP contribution in [0.15, 0.2) is 30.6 Å². The number of hydrogen-bond acceptors (Lipinski definition) is 6. The van der Waals surface area contributed by atoms with E-state index >= 15 is 0 Å². The fourth-order valence-corrected chi connectivity index (χ4v) is 4.26. The second-order valence-electron chi connectivity index (χ2n) is 8.93. The third-order valence-electron chi connectivity index (χ3n) is 6.39. The molecule has 3 heterocycles. The van der Waals surface area contributed by atoms with Crippen molar-refractivity contribution in [3.05, 3.63) is 74.5 Å². The topological polar surface area (TPSA) is 228 Å². The molecule has 202 valence electrons. The minimum absolute atomic E-state index is 0.0382. The number of nitrogens with zero attached hydrogens (tertiary/aromatic N) is 1. The monoisotopic (exact) mass is 533 g/mol. The molecule has 0 unspecified atom stereocenters. The van der Waals surface area contributed by atoms with E-state index in [1.54, 1.807) is 26.8 Å². The summed E-state index contributed by atoms with van der Waals surface area (Å²) in [6, 6.07) is 4.57. The Balaban J connectivity index is 1.48. The van der Waals surface area contributed by atoms with Gasteiger partial charge < -0.3 is 36.6 Å². The molecule has 0 spiro atoms. The lowest BCUT2D eigenvalue weighted by molar-refractivity contribution is -0.383. The maximum absolute atomic E-state index is 13.0. The molecule has 0 atom stereocenters. The number of nitrogens with one attached hydrogen (secondary N) is 7. The van der Waals surface area contributed by atoms with Gasteiger partial charge in [0, 0.05) is 42.6 Å². The smallest absolute Gasteiger partial charge is 0.279 e. The molecule has 0 fully saturated rings. The molecule has 0 saturated carbocycles. The molecule has 9 N–H and O–H groups in total. The Morgan fingerprint density at radius 3 is 2.05 bits per heavy atom. The first-order valence-corrected chi connectivity index (χ1v) is 11.8. The van der Waals surface area contributed by atoms with E-state index in [0.29, 0.717) is 39.0 Å². The molecule has 0 saturated heterocycles. The van der Waals surface area contributed by atoms with Gasteiger partial charge in [-0.1, -0.05) is 6.07 Å². The number of aromatic amines is 3. The van der Waals surface area contributed by atoms with E-state index in [1.807, 2.05) is 0 Å². The van der Waals surface area contributed by atoms with Gasteiger partial charge in [-0.15, -0.1) is 0 Å². The van der Waals surface area contributed by atoms with Crippen LogP contribution in [-0.2, 0) is 0 Å². The van der Waals surface area contributed by atoms with Crippen LogP contribution in [0.3, 0.4) is 0 Å². The number of aryl methyl sites for hydroxylation is 1. The SMILES string of the molecule is Cc1c(NC(=O)c2[nH]cc(NC(=O)c3[nH]c4cccc([N+](=O)[O-])c4c3C)c2C)c[nH]c1C(=O)NCCC(=N)N. The number of nitrogens with two attached hydrogens (primary N) is 1. The predicted molar refractivity (Wildman–Crippen MR) is 146 cm³/mol. The number of carbonyl (C=O) groups is 3. The number of benzene rings is 1. The highest BCUT2D eigenvalue weighted by Gasteiger charge is 2.24. The van der Waals surface area contributed by atoms with Crippen LogP contribution >= 0.6 is 0 Å². The van der Waals surface area contributed by atoms with E-state index in [9.17, 15) is 24.5 Å².